The molecule has 53 heavy (non-hydrogen) atoms. The lowest BCUT2D eigenvalue weighted by Gasteiger charge is -2.34. The molecule has 0 N–H and O–H groups in total. The second kappa shape index (κ2) is 9.82. The number of benzene rings is 7. The third-order valence-electron chi connectivity index (χ3n) is 12.7. The van der Waals surface area contributed by atoms with E-state index < -0.39 is 0 Å². The van der Waals surface area contributed by atoms with E-state index in [9.17, 15) is 0 Å². The lowest BCUT2D eigenvalue weighted by molar-refractivity contribution is 0.590. The number of hydrogen-bond donors (Lipinski definition) is 0. The van der Waals surface area contributed by atoms with Crippen molar-refractivity contribution < 1.29 is 0 Å². The molecule has 0 saturated carbocycles. The van der Waals surface area contributed by atoms with Crippen molar-refractivity contribution in [3.63, 3.8) is 0 Å². The molecule has 0 amide bonds. The van der Waals surface area contributed by atoms with Gasteiger partial charge in [0, 0.05) is 38.4 Å². The molecule has 3 heteroatoms. The lowest BCUT2D eigenvalue weighted by atomic mass is 9.34. The fourth-order valence-electron chi connectivity index (χ4n) is 9.93. The van der Waals surface area contributed by atoms with Crippen molar-refractivity contribution in [3.8, 4) is 11.4 Å². The van der Waals surface area contributed by atoms with Gasteiger partial charge in [0.2, 0.25) is 0 Å². The van der Waals surface area contributed by atoms with Crippen LogP contribution in [0.5, 0.6) is 0 Å². The number of hydrogen-bond acceptors (Lipinski definition) is 0. The largest absolute Gasteiger partial charge is 0.310 e. The Morgan fingerprint density at radius 3 is 1.77 bits per heavy atom. The average molecular weight is 685 g/mol. The minimum absolute atomic E-state index is 0.00884. The van der Waals surface area contributed by atoms with Crippen LogP contribution in [-0.4, -0.2) is 15.8 Å². The van der Waals surface area contributed by atoms with Crippen LogP contribution < -0.4 is 16.4 Å². The summed E-state index contributed by atoms with van der Waals surface area (Å²) in [5.74, 6) is 0. The monoisotopic (exact) mass is 684 g/mol. The highest BCUT2D eigenvalue weighted by atomic mass is 15.0. The molecule has 0 atom stereocenters. The molecule has 0 bridgehead atoms. The van der Waals surface area contributed by atoms with Gasteiger partial charge in [0.25, 0.3) is 6.71 Å². The minimum atomic E-state index is -0.00884. The van der Waals surface area contributed by atoms with Gasteiger partial charge in [-0.25, -0.2) is 0 Å². The summed E-state index contributed by atoms with van der Waals surface area (Å²) in [5.41, 5.74) is 16.4. The van der Waals surface area contributed by atoms with Crippen LogP contribution in [0.1, 0.15) is 79.0 Å². The Morgan fingerprint density at radius 1 is 0.415 bits per heavy atom. The summed E-state index contributed by atoms with van der Waals surface area (Å²) in [6.07, 6.45) is 0. The van der Waals surface area contributed by atoms with Crippen molar-refractivity contribution >= 4 is 88.3 Å². The molecule has 0 unspecified atom stereocenters. The molecule has 9 aromatic rings. The van der Waals surface area contributed by atoms with E-state index in [0.717, 1.165) is 0 Å². The minimum Gasteiger partial charge on any atom is -0.310 e. The Hall–Kier alpha value is -5.28. The molecule has 2 aliphatic rings. The Kier molecular flexibility index (Phi) is 5.80. The first-order valence-corrected chi connectivity index (χ1v) is 19.4. The van der Waals surface area contributed by atoms with E-state index in [0.29, 0.717) is 0 Å². The van der Waals surface area contributed by atoms with Gasteiger partial charge in [-0.05, 0) is 107 Å². The predicted octanol–water partition coefficient (Wildman–Crippen LogP) is 11.2. The van der Waals surface area contributed by atoms with Gasteiger partial charge in [0.1, 0.15) is 0 Å². The number of fused-ring (bicyclic) bond motifs is 14. The molecular formula is C50H45BN2. The van der Waals surface area contributed by atoms with E-state index in [-0.39, 0.29) is 23.0 Å². The summed E-state index contributed by atoms with van der Waals surface area (Å²) in [4.78, 5) is 0. The van der Waals surface area contributed by atoms with Gasteiger partial charge in [0.15, 0.2) is 0 Å². The highest BCUT2D eigenvalue weighted by Gasteiger charge is 2.42. The lowest BCUT2D eigenvalue weighted by Crippen LogP contribution is -2.59. The van der Waals surface area contributed by atoms with Gasteiger partial charge in [-0.15, -0.1) is 0 Å². The molecular weight excluding hydrogens is 639 g/mol. The van der Waals surface area contributed by atoms with Gasteiger partial charge in [-0.2, -0.15) is 0 Å². The molecule has 2 nitrogen and oxygen atoms in total. The highest BCUT2D eigenvalue weighted by Crippen LogP contribution is 2.44. The maximum Gasteiger partial charge on any atom is 0.252 e. The second-order valence-corrected chi connectivity index (χ2v) is 19.1. The summed E-state index contributed by atoms with van der Waals surface area (Å²) >= 11 is 0. The second-order valence-electron chi connectivity index (χ2n) is 19.1. The summed E-state index contributed by atoms with van der Waals surface area (Å²) < 4.78 is 5.25. The molecule has 7 aromatic carbocycles. The predicted molar refractivity (Wildman–Crippen MR) is 231 cm³/mol. The topological polar surface area (TPSA) is 9.86 Å². The van der Waals surface area contributed by atoms with Gasteiger partial charge in [0.05, 0.1) is 16.6 Å². The first-order valence-electron chi connectivity index (χ1n) is 19.4. The molecule has 2 aromatic heterocycles. The zero-order valence-corrected chi connectivity index (χ0v) is 32.4. The third kappa shape index (κ3) is 4.01. The number of rotatable bonds is 0. The molecule has 2 aliphatic heterocycles. The van der Waals surface area contributed by atoms with Crippen LogP contribution in [0.15, 0.2) is 109 Å². The first-order chi connectivity index (χ1) is 25.2. The van der Waals surface area contributed by atoms with E-state index in [4.69, 9.17) is 0 Å². The summed E-state index contributed by atoms with van der Waals surface area (Å²) in [6, 6.07) is 42.9. The van der Waals surface area contributed by atoms with E-state index in [1.807, 2.05) is 0 Å². The molecule has 0 radical (unpaired) electrons. The van der Waals surface area contributed by atoms with E-state index in [1.54, 1.807) is 0 Å². The first kappa shape index (κ1) is 31.3. The maximum absolute atomic E-state index is 2.64. The van der Waals surface area contributed by atoms with Crippen LogP contribution in [0, 0.1) is 0 Å². The Balaban J connectivity index is 1.38. The Bertz CT molecular complexity index is 3110. The van der Waals surface area contributed by atoms with Crippen molar-refractivity contribution in [3.05, 3.63) is 126 Å². The van der Waals surface area contributed by atoms with Crippen LogP contribution in [0.25, 0.3) is 76.5 Å². The van der Waals surface area contributed by atoms with Crippen LogP contribution in [-0.2, 0) is 16.2 Å². The molecule has 4 heterocycles. The summed E-state index contributed by atoms with van der Waals surface area (Å²) in [6.45, 7) is 21.2. The van der Waals surface area contributed by atoms with Crippen molar-refractivity contribution in [2.24, 2.45) is 0 Å². The molecule has 258 valence electrons. The van der Waals surface area contributed by atoms with Gasteiger partial charge in [-0.1, -0.05) is 135 Å². The van der Waals surface area contributed by atoms with Crippen molar-refractivity contribution in [1.82, 2.24) is 9.13 Å². The van der Waals surface area contributed by atoms with E-state index in [2.05, 4.69) is 181 Å². The zero-order chi connectivity index (χ0) is 36.5. The molecule has 0 fully saturated rings. The van der Waals surface area contributed by atoms with E-state index >= 15 is 0 Å². The third-order valence-corrected chi connectivity index (χ3v) is 12.7. The van der Waals surface area contributed by atoms with Gasteiger partial charge < -0.3 is 9.13 Å². The van der Waals surface area contributed by atoms with Gasteiger partial charge in [-0.3, -0.25) is 0 Å². The molecule has 0 aliphatic carbocycles. The quantitative estimate of drug-likeness (QED) is 0.111. The summed E-state index contributed by atoms with van der Waals surface area (Å²) in [7, 11) is 0. The molecule has 0 saturated heterocycles. The van der Waals surface area contributed by atoms with Crippen LogP contribution >= 0.6 is 0 Å². The zero-order valence-electron chi connectivity index (χ0n) is 32.4. The number of nitrogens with zero attached hydrogens (tertiary/aromatic N) is 2. The van der Waals surface area contributed by atoms with Crippen molar-refractivity contribution in [2.45, 2.75) is 78.6 Å². The van der Waals surface area contributed by atoms with Crippen molar-refractivity contribution in [1.29, 1.82) is 0 Å². The highest BCUT2D eigenvalue weighted by molar-refractivity contribution is 7.00. The average Bonchev–Trinajstić information content (AvgIpc) is 3.64. The smallest absolute Gasteiger partial charge is 0.252 e. The van der Waals surface area contributed by atoms with Crippen LogP contribution in [0.2, 0.25) is 0 Å². The van der Waals surface area contributed by atoms with E-state index in [1.165, 1.54) is 110 Å². The fourth-order valence-corrected chi connectivity index (χ4v) is 9.93. The number of aromatic nitrogens is 2. The standard InChI is InChI=1S/C50H45BN2/c1-48(2,3)30-20-22-39-35(24-30)36-25-32(50(7,8)9)26-38-46(36)52(39)40-15-12-16-41-45(40)51(38)37-23-29-18-17-28-13-10-11-14-33(28)43(29)44-34-21-19-31(49(4,5)6)27-42(34)53(41)47(37)44/h10-27H,1-9H3. The fraction of sp³-hybridized carbons (Fsp3) is 0.240. The Labute approximate surface area is 312 Å². The maximum atomic E-state index is 2.64. The van der Waals surface area contributed by atoms with Crippen molar-refractivity contribution in [2.75, 3.05) is 0 Å². The van der Waals surface area contributed by atoms with Crippen LogP contribution in [0.4, 0.5) is 0 Å². The van der Waals surface area contributed by atoms with Gasteiger partial charge >= 0.3 is 0 Å². The normalized spacial score (nSPS) is 14.1. The van der Waals surface area contributed by atoms with Crippen LogP contribution in [0.3, 0.4) is 0 Å². The molecule has 0 spiro atoms. The SMILES string of the molecule is CC(C)(C)c1ccc2c(c1)c1cc(C(C)(C)C)cc3c1n2-c1cccc2c1B3c1cc3ccc4ccccc4c3c3c4ccc(C(C)(C)C)cc4n-2c13. The Morgan fingerprint density at radius 2 is 1.04 bits per heavy atom. The summed E-state index contributed by atoms with van der Waals surface area (Å²) in [5, 5.41) is 10.7. The molecule has 11 rings (SSSR count).